The van der Waals surface area contributed by atoms with Crippen molar-refractivity contribution in [2.75, 3.05) is 13.6 Å². The molecule has 3 nitrogen and oxygen atoms in total. The fourth-order valence-electron chi connectivity index (χ4n) is 1.29. The highest BCUT2D eigenvalue weighted by atomic mass is 16.4. The van der Waals surface area contributed by atoms with E-state index < -0.39 is 5.97 Å². The molecule has 0 radical (unpaired) electrons. The van der Waals surface area contributed by atoms with Crippen LogP contribution in [0.15, 0.2) is 0 Å². The predicted octanol–water partition coefficient (Wildman–Crippen LogP) is 3.49. The molecule has 3 heteroatoms. The number of rotatable bonds is 5. The topological polar surface area (TPSA) is 40.5 Å². The lowest BCUT2D eigenvalue weighted by molar-refractivity contribution is -0.144. The number of aliphatic carboxylic acids is 1. The van der Waals surface area contributed by atoms with Crippen molar-refractivity contribution >= 4 is 5.97 Å². The van der Waals surface area contributed by atoms with Crippen LogP contribution >= 0.6 is 0 Å². The van der Waals surface area contributed by atoms with Gasteiger partial charge < -0.3 is 5.11 Å². The number of carboxylic acids is 1. The van der Waals surface area contributed by atoms with E-state index in [0.717, 1.165) is 13.0 Å². The number of nitrogens with zero attached hydrogens (tertiary/aromatic N) is 1. The fraction of sp³-hybridized carbons (Fsp3) is 0.923. The number of hydrogen-bond acceptors (Lipinski definition) is 2. The van der Waals surface area contributed by atoms with Crippen molar-refractivity contribution < 1.29 is 9.90 Å². The summed E-state index contributed by atoms with van der Waals surface area (Å²) in [5, 5.41) is 8.93. The Morgan fingerprint density at radius 2 is 1.56 bits per heavy atom. The lowest BCUT2D eigenvalue weighted by atomic mass is 9.98. The standard InChI is InChI=1S/C9H19NO2.2C2H6/c1-5-7(3)8(9(11)12)10(4)6-2;2*1-2/h7-8H,5-6H2,1-4H3,(H,11,12);2*1-2H3. The van der Waals surface area contributed by atoms with Gasteiger partial charge in [-0.1, -0.05) is 54.9 Å². The Hall–Kier alpha value is -0.570. The number of carbonyl (C=O) groups is 1. The number of carboxylic acid groups (broad SMARTS) is 1. The molecular weight excluding hydrogens is 202 g/mol. The molecular formula is C13H31NO2. The first-order valence-electron chi connectivity index (χ1n) is 6.47. The van der Waals surface area contributed by atoms with Gasteiger partial charge in [0.2, 0.25) is 0 Å². The molecule has 0 aliphatic carbocycles. The molecule has 0 saturated carbocycles. The largest absolute Gasteiger partial charge is 0.480 e. The summed E-state index contributed by atoms with van der Waals surface area (Å²) in [5.41, 5.74) is 0. The first-order valence-corrected chi connectivity index (χ1v) is 6.47. The van der Waals surface area contributed by atoms with Crippen molar-refractivity contribution in [1.29, 1.82) is 0 Å². The molecule has 0 aromatic heterocycles. The molecule has 0 fully saturated rings. The molecule has 2 unspecified atom stereocenters. The van der Waals surface area contributed by atoms with E-state index in [9.17, 15) is 4.79 Å². The monoisotopic (exact) mass is 233 g/mol. The van der Waals surface area contributed by atoms with Crippen LogP contribution in [0.4, 0.5) is 0 Å². The third-order valence-corrected chi connectivity index (χ3v) is 2.41. The number of likely N-dealkylation sites (N-methyl/N-ethyl adjacent to an activating group) is 1. The van der Waals surface area contributed by atoms with Gasteiger partial charge >= 0.3 is 5.97 Å². The van der Waals surface area contributed by atoms with E-state index in [0.29, 0.717) is 0 Å². The van der Waals surface area contributed by atoms with Crippen LogP contribution in [0.1, 0.15) is 54.9 Å². The molecule has 2 atom stereocenters. The van der Waals surface area contributed by atoms with Gasteiger partial charge in [-0.3, -0.25) is 9.69 Å². The predicted molar refractivity (Wildman–Crippen MR) is 71.9 cm³/mol. The average Bonchev–Trinajstić information content (AvgIpc) is 2.33. The zero-order valence-electron chi connectivity index (χ0n) is 12.4. The van der Waals surface area contributed by atoms with Gasteiger partial charge in [-0.15, -0.1) is 0 Å². The van der Waals surface area contributed by atoms with Gasteiger partial charge in [-0.25, -0.2) is 0 Å². The SMILES string of the molecule is CC.CC.CCC(C)C(C(=O)O)N(C)CC. The summed E-state index contributed by atoms with van der Waals surface area (Å²) in [7, 11) is 1.85. The Morgan fingerprint density at radius 1 is 1.19 bits per heavy atom. The molecule has 16 heavy (non-hydrogen) atoms. The normalized spacial score (nSPS) is 12.8. The van der Waals surface area contributed by atoms with Crippen molar-refractivity contribution in [1.82, 2.24) is 4.90 Å². The second kappa shape index (κ2) is 14.4. The summed E-state index contributed by atoms with van der Waals surface area (Å²) in [6, 6.07) is -0.333. The Kier molecular flexibility index (Phi) is 18.8. The molecule has 0 aromatic rings. The summed E-state index contributed by atoms with van der Waals surface area (Å²) in [5.74, 6) is -0.499. The van der Waals surface area contributed by atoms with Crippen LogP contribution in [0.2, 0.25) is 0 Å². The van der Waals surface area contributed by atoms with Crippen molar-refractivity contribution in [2.45, 2.75) is 60.9 Å². The average molecular weight is 233 g/mol. The fourth-order valence-corrected chi connectivity index (χ4v) is 1.29. The lowest BCUT2D eigenvalue weighted by Gasteiger charge is -2.27. The molecule has 0 heterocycles. The van der Waals surface area contributed by atoms with E-state index in [1.54, 1.807) is 0 Å². The molecule has 0 aromatic carbocycles. The van der Waals surface area contributed by atoms with Gasteiger partial charge in [-0.05, 0) is 19.5 Å². The molecule has 0 aliphatic rings. The summed E-state index contributed by atoms with van der Waals surface area (Å²) < 4.78 is 0. The van der Waals surface area contributed by atoms with Crippen LogP contribution in [-0.2, 0) is 4.79 Å². The van der Waals surface area contributed by atoms with E-state index in [1.165, 1.54) is 0 Å². The van der Waals surface area contributed by atoms with E-state index in [1.807, 2.05) is 60.4 Å². The maximum Gasteiger partial charge on any atom is 0.321 e. The number of hydrogen-bond donors (Lipinski definition) is 1. The minimum atomic E-state index is -0.714. The Bertz CT molecular complexity index is 139. The molecule has 0 bridgehead atoms. The van der Waals surface area contributed by atoms with E-state index >= 15 is 0 Å². The molecule has 1 N–H and O–H groups in total. The van der Waals surface area contributed by atoms with Crippen molar-refractivity contribution in [3.8, 4) is 0 Å². The van der Waals surface area contributed by atoms with Gasteiger partial charge in [0.25, 0.3) is 0 Å². The summed E-state index contributed by atoms with van der Waals surface area (Å²) in [6.45, 7) is 14.7. The molecule has 0 aliphatic heterocycles. The van der Waals surface area contributed by atoms with E-state index in [4.69, 9.17) is 5.11 Å². The summed E-state index contributed by atoms with van der Waals surface area (Å²) in [6.07, 6.45) is 0.904. The van der Waals surface area contributed by atoms with Crippen LogP contribution in [0.5, 0.6) is 0 Å². The Morgan fingerprint density at radius 3 is 1.75 bits per heavy atom. The third kappa shape index (κ3) is 8.72. The molecule has 0 rings (SSSR count). The van der Waals surface area contributed by atoms with Gasteiger partial charge in [0.15, 0.2) is 0 Å². The van der Waals surface area contributed by atoms with Crippen molar-refractivity contribution in [3.05, 3.63) is 0 Å². The van der Waals surface area contributed by atoms with Crippen molar-refractivity contribution in [2.24, 2.45) is 5.92 Å². The highest BCUT2D eigenvalue weighted by molar-refractivity contribution is 5.73. The maximum absolute atomic E-state index is 10.9. The van der Waals surface area contributed by atoms with Crippen LogP contribution in [0.25, 0.3) is 0 Å². The van der Waals surface area contributed by atoms with Crippen LogP contribution in [0, 0.1) is 5.92 Å². The first-order chi connectivity index (χ1) is 7.54. The highest BCUT2D eigenvalue weighted by Gasteiger charge is 2.26. The van der Waals surface area contributed by atoms with E-state index in [-0.39, 0.29) is 12.0 Å². The first kappa shape index (κ1) is 20.8. The minimum absolute atomic E-state index is 0.215. The van der Waals surface area contributed by atoms with Crippen LogP contribution < -0.4 is 0 Å². The van der Waals surface area contributed by atoms with Gasteiger partial charge in [0.1, 0.15) is 6.04 Å². The van der Waals surface area contributed by atoms with Crippen LogP contribution in [0.3, 0.4) is 0 Å². The van der Waals surface area contributed by atoms with Gasteiger partial charge in [-0.2, -0.15) is 0 Å². The molecule has 100 valence electrons. The summed E-state index contributed by atoms with van der Waals surface area (Å²) in [4.78, 5) is 12.7. The van der Waals surface area contributed by atoms with Gasteiger partial charge in [0, 0.05) is 0 Å². The maximum atomic E-state index is 10.9. The Labute approximate surface area is 102 Å². The molecule has 0 spiro atoms. The second-order valence-corrected chi connectivity index (χ2v) is 3.24. The van der Waals surface area contributed by atoms with Gasteiger partial charge in [0.05, 0.1) is 0 Å². The molecule has 0 amide bonds. The van der Waals surface area contributed by atoms with E-state index in [2.05, 4.69) is 0 Å². The third-order valence-electron chi connectivity index (χ3n) is 2.41. The zero-order chi connectivity index (χ0) is 13.7. The smallest absolute Gasteiger partial charge is 0.321 e. The minimum Gasteiger partial charge on any atom is -0.480 e. The zero-order valence-corrected chi connectivity index (χ0v) is 12.4. The second-order valence-electron chi connectivity index (χ2n) is 3.24. The highest BCUT2D eigenvalue weighted by Crippen LogP contribution is 2.13. The quantitative estimate of drug-likeness (QED) is 0.790. The van der Waals surface area contributed by atoms with Crippen LogP contribution in [-0.4, -0.2) is 35.6 Å². The summed E-state index contributed by atoms with van der Waals surface area (Å²) >= 11 is 0. The Balaban J connectivity index is -0.000000376. The van der Waals surface area contributed by atoms with Crippen molar-refractivity contribution in [3.63, 3.8) is 0 Å². The molecule has 0 saturated heterocycles. The lowest BCUT2D eigenvalue weighted by Crippen LogP contribution is -2.42.